The van der Waals surface area contributed by atoms with E-state index in [-0.39, 0.29) is 11.7 Å². The summed E-state index contributed by atoms with van der Waals surface area (Å²) in [5.41, 5.74) is 0. The molecule has 0 bridgehead atoms. The molecule has 3 N–H and O–H groups in total. The molecule has 0 unspecified atom stereocenters. The van der Waals surface area contributed by atoms with E-state index < -0.39 is 0 Å². The third-order valence-electron chi connectivity index (χ3n) is 4.22. The Hall–Kier alpha value is -1.59. The van der Waals surface area contributed by atoms with Crippen LogP contribution in [0.5, 0.6) is 5.75 Å². The molecule has 3 rings (SSSR count). The molecule has 22 heavy (non-hydrogen) atoms. The first kappa shape index (κ1) is 15.3. The first-order chi connectivity index (χ1) is 10.8. The van der Waals surface area contributed by atoms with Crippen molar-refractivity contribution >= 4 is 27.3 Å². The molecule has 4 nitrogen and oxygen atoms in total. The fourth-order valence-corrected chi connectivity index (χ4v) is 4.04. The van der Waals surface area contributed by atoms with E-state index in [9.17, 15) is 9.90 Å². The van der Waals surface area contributed by atoms with E-state index in [4.69, 9.17) is 0 Å². The average Bonchev–Trinajstić information content (AvgIpc) is 2.90. The van der Waals surface area contributed by atoms with Gasteiger partial charge in [-0.25, -0.2) is 0 Å². The minimum atomic E-state index is -0.191. The molecule has 1 fully saturated rings. The summed E-state index contributed by atoms with van der Waals surface area (Å²) >= 11 is 1.34. The Balaban J connectivity index is 1.51. The van der Waals surface area contributed by atoms with Gasteiger partial charge in [0.2, 0.25) is 0 Å². The molecule has 5 heteroatoms. The van der Waals surface area contributed by atoms with E-state index in [1.165, 1.54) is 43.4 Å². The number of hydrogen-bond donors (Lipinski definition) is 3. The second-order valence-corrected chi connectivity index (χ2v) is 6.87. The summed E-state index contributed by atoms with van der Waals surface area (Å²) in [5.74, 6) is -0.0949. The summed E-state index contributed by atoms with van der Waals surface area (Å²) in [4.78, 5) is 12.6. The Morgan fingerprint density at radius 1 is 1.18 bits per heavy atom. The van der Waals surface area contributed by atoms with Gasteiger partial charge in [0.25, 0.3) is 5.91 Å². The molecular formula is C17H22N2O2S. The van der Waals surface area contributed by atoms with Crippen molar-refractivity contribution < 1.29 is 9.90 Å². The van der Waals surface area contributed by atoms with Gasteiger partial charge in [-0.05, 0) is 25.0 Å². The number of hydrogen-bond acceptors (Lipinski definition) is 4. The van der Waals surface area contributed by atoms with Crippen molar-refractivity contribution in [3.63, 3.8) is 0 Å². The highest BCUT2D eigenvalue weighted by molar-refractivity contribution is 7.21. The van der Waals surface area contributed by atoms with E-state index in [2.05, 4.69) is 10.6 Å². The average molecular weight is 318 g/mol. The fourth-order valence-electron chi connectivity index (χ4n) is 3.03. The van der Waals surface area contributed by atoms with Crippen LogP contribution in [0.3, 0.4) is 0 Å². The normalized spacial score (nSPS) is 16.0. The minimum absolute atomic E-state index is 0.0957. The second kappa shape index (κ2) is 7.11. The third-order valence-corrected chi connectivity index (χ3v) is 5.38. The SMILES string of the molecule is O=C(NCCNC1CCCCC1)c1sc2ccccc2c1O. The zero-order valence-corrected chi connectivity index (χ0v) is 13.4. The molecular weight excluding hydrogens is 296 g/mol. The van der Waals surface area contributed by atoms with Gasteiger partial charge in [0.1, 0.15) is 10.6 Å². The van der Waals surface area contributed by atoms with Crippen molar-refractivity contribution in [1.82, 2.24) is 10.6 Å². The standard InChI is InChI=1S/C17H22N2O2S/c20-15-13-8-4-5-9-14(13)22-16(15)17(21)19-11-10-18-12-6-2-1-3-7-12/h4-5,8-9,12,18,20H,1-3,6-7,10-11H2,(H,19,21). The zero-order valence-electron chi connectivity index (χ0n) is 12.6. The van der Waals surface area contributed by atoms with Gasteiger partial charge in [-0.15, -0.1) is 11.3 Å². The van der Waals surface area contributed by atoms with E-state index >= 15 is 0 Å². The van der Waals surface area contributed by atoms with Crippen LogP contribution in [0.1, 0.15) is 41.8 Å². The number of carbonyl (C=O) groups excluding carboxylic acids is 1. The molecule has 1 heterocycles. The van der Waals surface area contributed by atoms with Crippen LogP contribution >= 0.6 is 11.3 Å². The minimum Gasteiger partial charge on any atom is -0.506 e. The summed E-state index contributed by atoms with van der Waals surface area (Å²) < 4.78 is 0.936. The van der Waals surface area contributed by atoms with Crippen LogP contribution in [0.4, 0.5) is 0 Å². The van der Waals surface area contributed by atoms with Crippen molar-refractivity contribution in [3.8, 4) is 5.75 Å². The predicted molar refractivity (Wildman–Crippen MR) is 90.7 cm³/mol. The van der Waals surface area contributed by atoms with E-state index in [0.29, 0.717) is 17.5 Å². The van der Waals surface area contributed by atoms with Gasteiger partial charge in [-0.3, -0.25) is 4.79 Å². The highest BCUT2D eigenvalue weighted by Gasteiger charge is 2.17. The molecule has 1 aliphatic carbocycles. The van der Waals surface area contributed by atoms with Crippen LogP contribution in [0.2, 0.25) is 0 Å². The van der Waals surface area contributed by atoms with E-state index in [0.717, 1.165) is 16.6 Å². The molecule has 1 saturated carbocycles. The Bertz CT molecular complexity index is 647. The quantitative estimate of drug-likeness (QED) is 0.742. The Kier molecular flexibility index (Phi) is 4.95. The lowest BCUT2D eigenvalue weighted by Gasteiger charge is -2.22. The highest BCUT2D eigenvalue weighted by atomic mass is 32.1. The van der Waals surface area contributed by atoms with Crippen LogP contribution in [0, 0.1) is 0 Å². The largest absolute Gasteiger partial charge is 0.506 e. The fraction of sp³-hybridized carbons (Fsp3) is 0.471. The van der Waals surface area contributed by atoms with Crippen LogP contribution in [0.15, 0.2) is 24.3 Å². The molecule has 0 atom stereocenters. The maximum Gasteiger partial charge on any atom is 0.265 e. The number of thiophene rings is 1. The summed E-state index contributed by atoms with van der Waals surface area (Å²) in [5, 5.41) is 17.3. The van der Waals surface area contributed by atoms with Gasteiger partial charge >= 0.3 is 0 Å². The lowest BCUT2D eigenvalue weighted by molar-refractivity contribution is 0.0955. The first-order valence-corrected chi connectivity index (χ1v) is 8.79. The van der Waals surface area contributed by atoms with Gasteiger partial charge in [-0.1, -0.05) is 31.4 Å². The summed E-state index contributed by atoms with van der Waals surface area (Å²) in [6.45, 7) is 1.37. The van der Waals surface area contributed by atoms with Crippen molar-refractivity contribution in [2.24, 2.45) is 0 Å². The van der Waals surface area contributed by atoms with Gasteiger partial charge in [0, 0.05) is 29.2 Å². The molecule has 1 aromatic heterocycles. The molecule has 0 spiro atoms. The van der Waals surface area contributed by atoms with Crippen LogP contribution in [0.25, 0.3) is 10.1 Å². The van der Waals surface area contributed by atoms with E-state index in [1.54, 1.807) is 0 Å². The molecule has 2 aromatic rings. The summed E-state index contributed by atoms with van der Waals surface area (Å²) in [6, 6.07) is 8.13. The molecule has 0 saturated heterocycles. The Labute approximate surface area is 134 Å². The second-order valence-electron chi connectivity index (χ2n) is 5.82. The van der Waals surface area contributed by atoms with Gasteiger partial charge in [-0.2, -0.15) is 0 Å². The number of amides is 1. The van der Waals surface area contributed by atoms with Crippen molar-refractivity contribution in [3.05, 3.63) is 29.1 Å². The number of nitrogens with one attached hydrogen (secondary N) is 2. The molecule has 0 radical (unpaired) electrons. The molecule has 118 valence electrons. The first-order valence-electron chi connectivity index (χ1n) is 7.98. The lowest BCUT2D eigenvalue weighted by atomic mass is 9.95. The van der Waals surface area contributed by atoms with E-state index in [1.807, 2.05) is 24.3 Å². The molecule has 1 aliphatic rings. The molecule has 0 aliphatic heterocycles. The van der Waals surface area contributed by atoms with Gasteiger partial charge in [0.15, 0.2) is 0 Å². The van der Waals surface area contributed by atoms with Crippen molar-refractivity contribution in [2.75, 3.05) is 13.1 Å². The summed E-state index contributed by atoms with van der Waals surface area (Å²) in [7, 11) is 0. The Morgan fingerprint density at radius 2 is 1.95 bits per heavy atom. The van der Waals surface area contributed by atoms with Crippen LogP contribution < -0.4 is 10.6 Å². The highest BCUT2D eigenvalue weighted by Crippen LogP contribution is 2.36. The van der Waals surface area contributed by atoms with Crippen molar-refractivity contribution in [2.45, 2.75) is 38.1 Å². The lowest BCUT2D eigenvalue weighted by Crippen LogP contribution is -2.37. The maximum absolute atomic E-state index is 12.2. The molecule has 1 amide bonds. The number of carbonyl (C=O) groups is 1. The predicted octanol–water partition coefficient (Wildman–Crippen LogP) is 3.26. The number of aromatic hydroxyl groups is 1. The monoisotopic (exact) mass is 318 g/mol. The van der Waals surface area contributed by atoms with Gasteiger partial charge < -0.3 is 15.7 Å². The van der Waals surface area contributed by atoms with Gasteiger partial charge in [0.05, 0.1) is 0 Å². The number of rotatable bonds is 5. The Morgan fingerprint density at radius 3 is 2.73 bits per heavy atom. The zero-order chi connectivity index (χ0) is 15.4. The van der Waals surface area contributed by atoms with Crippen molar-refractivity contribution in [1.29, 1.82) is 0 Å². The molecule has 1 aromatic carbocycles. The summed E-state index contributed by atoms with van der Waals surface area (Å²) in [6.07, 6.45) is 6.44. The van der Waals surface area contributed by atoms with Crippen LogP contribution in [-0.4, -0.2) is 30.1 Å². The topological polar surface area (TPSA) is 61.4 Å². The maximum atomic E-state index is 12.2. The smallest absolute Gasteiger partial charge is 0.265 e. The third kappa shape index (κ3) is 3.42. The van der Waals surface area contributed by atoms with Crippen LogP contribution in [-0.2, 0) is 0 Å². The number of benzene rings is 1. The number of fused-ring (bicyclic) bond motifs is 1.